The van der Waals surface area contributed by atoms with Crippen molar-refractivity contribution in [3.05, 3.63) is 57.8 Å². The Morgan fingerprint density at radius 1 is 1.33 bits per heavy atom. The zero-order valence-electron chi connectivity index (χ0n) is 16.5. The van der Waals surface area contributed by atoms with Gasteiger partial charge in [0.2, 0.25) is 5.91 Å². The Morgan fingerprint density at radius 2 is 2.13 bits per heavy atom. The monoisotopic (exact) mass is 437 g/mol. The summed E-state index contributed by atoms with van der Waals surface area (Å²) < 4.78 is 26.5. The smallest absolute Gasteiger partial charge is 0.345 e. The molecule has 2 N–H and O–H groups in total. The number of aliphatic hydroxyl groups excluding tert-OH is 1. The molecule has 0 radical (unpaired) electrons. The summed E-state index contributed by atoms with van der Waals surface area (Å²) >= 11 is 1.26. The van der Waals surface area contributed by atoms with E-state index in [0.29, 0.717) is 36.3 Å². The summed E-state index contributed by atoms with van der Waals surface area (Å²) in [5.41, 5.74) is 0.675. The van der Waals surface area contributed by atoms with E-state index in [4.69, 9.17) is 5.11 Å². The molecular formula is C22H25F2NO4S. The van der Waals surface area contributed by atoms with Crippen molar-refractivity contribution < 1.29 is 28.6 Å². The number of aliphatic hydroxyl groups is 1. The van der Waals surface area contributed by atoms with Crippen LogP contribution >= 0.6 is 11.3 Å². The molecule has 1 fully saturated rings. The Bertz CT molecular complexity index is 874. The molecule has 1 aromatic rings. The van der Waals surface area contributed by atoms with Gasteiger partial charge in [-0.25, -0.2) is 4.79 Å². The first-order valence-corrected chi connectivity index (χ1v) is 10.8. The predicted octanol–water partition coefficient (Wildman–Crippen LogP) is 4.20. The zero-order valence-corrected chi connectivity index (χ0v) is 17.3. The summed E-state index contributed by atoms with van der Waals surface area (Å²) in [5.74, 6) is -4.01. The van der Waals surface area contributed by atoms with Gasteiger partial charge in [0.15, 0.2) is 0 Å². The number of carboxylic acids is 1. The summed E-state index contributed by atoms with van der Waals surface area (Å²) in [7, 11) is 0. The van der Waals surface area contributed by atoms with Crippen LogP contribution in [0.2, 0.25) is 0 Å². The van der Waals surface area contributed by atoms with Gasteiger partial charge < -0.3 is 15.1 Å². The number of rotatable bonds is 9. The van der Waals surface area contributed by atoms with E-state index < -0.39 is 18.0 Å². The number of alkyl halides is 2. The molecule has 0 bridgehead atoms. The molecular weight excluding hydrogens is 412 g/mol. The highest BCUT2D eigenvalue weighted by molar-refractivity contribution is 7.13. The largest absolute Gasteiger partial charge is 0.477 e. The number of halogens is 2. The number of aromatic carboxylic acids is 1. The lowest BCUT2D eigenvalue weighted by Gasteiger charge is -2.22. The van der Waals surface area contributed by atoms with Crippen molar-refractivity contribution in [3.63, 3.8) is 0 Å². The fourth-order valence-electron chi connectivity index (χ4n) is 3.65. The third-order valence-corrected chi connectivity index (χ3v) is 6.45. The Balaban J connectivity index is 1.45. The molecule has 2 atom stereocenters. The van der Waals surface area contributed by atoms with Crippen LogP contribution in [0.4, 0.5) is 8.78 Å². The van der Waals surface area contributed by atoms with Gasteiger partial charge in [-0.1, -0.05) is 18.2 Å². The van der Waals surface area contributed by atoms with E-state index in [0.717, 1.165) is 30.2 Å². The summed E-state index contributed by atoms with van der Waals surface area (Å²) in [4.78, 5) is 26.3. The van der Waals surface area contributed by atoms with E-state index in [2.05, 4.69) is 0 Å². The molecule has 8 heteroatoms. The normalized spacial score (nSPS) is 23.4. The lowest BCUT2D eigenvalue weighted by molar-refractivity contribution is -0.128. The van der Waals surface area contributed by atoms with E-state index in [1.807, 2.05) is 23.1 Å². The van der Waals surface area contributed by atoms with Crippen LogP contribution in [-0.2, 0) is 11.2 Å². The molecule has 30 heavy (non-hydrogen) atoms. The average molecular weight is 438 g/mol. The van der Waals surface area contributed by atoms with Gasteiger partial charge in [-0.15, -0.1) is 11.3 Å². The Hall–Kier alpha value is -2.32. The molecule has 5 nitrogen and oxygen atoms in total. The second-order valence-electron chi connectivity index (χ2n) is 7.53. The first kappa shape index (κ1) is 22.4. The first-order chi connectivity index (χ1) is 14.3. The molecule has 1 unspecified atom stereocenters. The third kappa shape index (κ3) is 5.64. The van der Waals surface area contributed by atoms with Gasteiger partial charge in [-0.2, -0.15) is 8.78 Å². The van der Waals surface area contributed by atoms with Crippen LogP contribution in [0.1, 0.15) is 46.7 Å². The van der Waals surface area contributed by atoms with Gasteiger partial charge in [0, 0.05) is 17.8 Å². The van der Waals surface area contributed by atoms with Crippen molar-refractivity contribution in [2.45, 2.75) is 56.6 Å². The molecule has 1 saturated heterocycles. The second-order valence-corrected chi connectivity index (χ2v) is 8.70. The maximum atomic E-state index is 13.2. The molecule has 1 aliphatic heterocycles. The molecule has 0 aromatic carbocycles. The highest BCUT2D eigenvalue weighted by Crippen LogP contribution is 2.29. The number of nitrogens with zero attached hydrogens (tertiary/aromatic N) is 1. The molecule has 1 amide bonds. The van der Waals surface area contributed by atoms with Gasteiger partial charge in [0.1, 0.15) is 11.0 Å². The lowest BCUT2D eigenvalue weighted by Crippen LogP contribution is -2.32. The van der Waals surface area contributed by atoms with Crippen LogP contribution in [-0.4, -0.2) is 51.6 Å². The third-order valence-electron chi connectivity index (χ3n) is 5.31. The van der Waals surface area contributed by atoms with Gasteiger partial charge in [-0.3, -0.25) is 4.79 Å². The Labute approximate surface area is 178 Å². The van der Waals surface area contributed by atoms with Crippen molar-refractivity contribution in [3.8, 4) is 0 Å². The summed E-state index contributed by atoms with van der Waals surface area (Å²) in [6, 6.07) is 3.45. The number of carbonyl (C=O) groups is 2. The number of likely N-dealkylation sites (tertiary alicyclic amines) is 1. The number of carbonyl (C=O) groups excluding carboxylic acids is 1. The minimum Gasteiger partial charge on any atom is -0.477 e. The van der Waals surface area contributed by atoms with Crippen LogP contribution in [0.15, 0.2) is 48.1 Å². The maximum absolute atomic E-state index is 13.2. The molecule has 3 rings (SSSR count). The number of allylic oxidation sites excluding steroid dienone is 3. The number of amides is 1. The van der Waals surface area contributed by atoms with Gasteiger partial charge in [0.25, 0.3) is 5.92 Å². The number of hydrogen-bond acceptors (Lipinski definition) is 4. The van der Waals surface area contributed by atoms with E-state index in [1.54, 1.807) is 6.07 Å². The minimum atomic E-state index is -3.21. The number of thiophene rings is 1. The lowest BCUT2D eigenvalue weighted by atomic mass is 9.98. The van der Waals surface area contributed by atoms with Crippen LogP contribution in [0.5, 0.6) is 0 Å². The van der Waals surface area contributed by atoms with E-state index in [9.17, 15) is 23.5 Å². The standard InChI is InChI=1S/C22H25F2NO4S/c23-22(24)12-11-15(14-19(22)26)4-1-2-5-16-7-10-20(27)25(16)13-3-6-17-8-9-18(30-17)21(28)29/h2,5,8-9,11-12,14,16,19,26H,1,3-4,6-7,10,13H2,(H,28,29)/t16-,19?/m0/s1. The Morgan fingerprint density at radius 3 is 2.83 bits per heavy atom. The summed E-state index contributed by atoms with van der Waals surface area (Å²) in [6.45, 7) is 0.614. The molecule has 162 valence electrons. The van der Waals surface area contributed by atoms with Gasteiger partial charge >= 0.3 is 5.97 Å². The number of carboxylic acid groups (broad SMARTS) is 1. The first-order valence-electron chi connectivity index (χ1n) is 10.0. The van der Waals surface area contributed by atoms with Crippen LogP contribution in [0, 0.1) is 0 Å². The highest BCUT2D eigenvalue weighted by atomic mass is 32.1. The van der Waals surface area contributed by atoms with Crippen LogP contribution in [0.3, 0.4) is 0 Å². The van der Waals surface area contributed by atoms with E-state index in [1.165, 1.54) is 23.5 Å². The minimum absolute atomic E-state index is 0.0289. The van der Waals surface area contributed by atoms with Gasteiger partial charge in [0.05, 0.1) is 6.04 Å². The van der Waals surface area contributed by atoms with E-state index >= 15 is 0 Å². The zero-order chi connectivity index (χ0) is 21.7. The quantitative estimate of drug-likeness (QED) is 0.568. The SMILES string of the molecule is O=C(O)c1ccc(CCCN2C(=O)CC[C@@H]2C=CCCC2=CC(O)C(F)(F)C=C2)s1. The predicted molar refractivity (Wildman–Crippen MR) is 111 cm³/mol. The molecule has 2 heterocycles. The molecule has 1 aromatic heterocycles. The van der Waals surface area contributed by atoms with Gasteiger partial charge in [-0.05, 0) is 62.0 Å². The number of aryl methyl sites for hydroxylation is 1. The van der Waals surface area contributed by atoms with Crippen LogP contribution < -0.4 is 0 Å². The van der Waals surface area contributed by atoms with Crippen molar-refractivity contribution in [1.29, 1.82) is 0 Å². The fourth-order valence-corrected chi connectivity index (χ4v) is 4.54. The van der Waals surface area contributed by atoms with E-state index in [-0.39, 0.29) is 11.9 Å². The van der Waals surface area contributed by atoms with Crippen LogP contribution in [0.25, 0.3) is 0 Å². The Kier molecular flexibility index (Phi) is 7.20. The molecule has 2 aliphatic rings. The highest BCUT2D eigenvalue weighted by Gasteiger charge is 2.36. The fraction of sp³-hybridized carbons (Fsp3) is 0.455. The van der Waals surface area contributed by atoms with Crippen molar-refractivity contribution in [2.24, 2.45) is 0 Å². The molecule has 0 spiro atoms. The molecule has 0 saturated carbocycles. The van der Waals surface area contributed by atoms with Crippen molar-refractivity contribution in [1.82, 2.24) is 4.90 Å². The summed E-state index contributed by atoms with van der Waals surface area (Å²) in [6.07, 6.45) is 9.40. The topological polar surface area (TPSA) is 77.8 Å². The second kappa shape index (κ2) is 9.66. The molecule has 1 aliphatic carbocycles. The van der Waals surface area contributed by atoms with Crippen molar-refractivity contribution >= 4 is 23.2 Å². The number of hydrogen-bond donors (Lipinski definition) is 2. The van der Waals surface area contributed by atoms with Crippen molar-refractivity contribution in [2.75, 3.05) is 6.54 Å². The average Bonchev–Trinajstić information content (AvgIpc) is 3.30. The maximum Gasteiger partial charge on any atom is 0.345 e. The summed E-state index contributed by atoms with van der Waals surface area (Å²) in [5, 5.41) is 18.4.